The van der Waals surface area contributed by atoms with Crippen molar-refractivity contribution in [2.45, 2.75) is 24.8 Å². The molecule has 3 aromatic heterocycles. The van der Waals surface area contributed by atoms with Gasteiger partial charge in [0.25, 0.3) is 0 Å². The third-order valence-corrected chi connectivity index (χ3v) is 7.16. The molecular formula is C28H23F6N7. The van der Waals surface area contributed by atoms with E-state index in [0.717, 1.165) is 67.1 Å². The monoisotopic (exact) mass is 571 g/mol. The molecule has 7 nitrogen and oxygen atoms in total. The molecule has 0 amide bonds. The molecule has 1 aliphatic heterocycles. The Balaban J connectivity index is 1.17. The lowest BCUT2D eigenvalue weighted by molar-refractivity contribution is -0.253. The van der Waals surface area contributed by atoms with Gasteiger partial charge in [0, 0.05) is 56.9 Å². The zero-order valence-electron chi connectivity index (χ0n) is 21.4. The van der Waals surface area contributed by atoms with E-state index >= 15 is 0 Å². The van der Waals surface area contributed by atoms with Crippen molar-refractivity contribution in [1.82, 2.24) is 29.8 Å². The Morgan fingerprint density at radius 3 is 2.24 bits per heavy atom. The van der Waals surface area contributed by atoms with E-state index in [1.54, 1.807) is 12.4 Å². The van der Waals surface area contributed by atoms with Crippen molar-refractivity contribution in [3.63, 3.8) is 0 Å². The second kappa shape index (κ2) is 10.3. The van der Waals surface area contributed by atoms with Gasteiger partial charge in [-0.1, -0.05) is 30.3 Å². The average molecular weight is 572 g/mol. The molecule has 1 fully saturated rings. The molecule has 13 heteroatoms. The number of piperazine rings is 1. The molecule has 41 heavy (non-hydrogen) atoms. The van der Waals surface area contributed by atoms with Crippen molar-refractivity contribution in [3.05, 3.63) is 78.2 Å². The van der Waals surface area contributed by atoms with Crippen LogP contribution in [-0.2, 0) is 6.54 Å². The van der Waals surface area contributed by atoms with E-state index in [1.165, 1.54) is 12.1 Å². The molecule has 1 N–H and O–H groups in total. The van der Waals surface area contributed by atoms with Crippen molar-refractivity contribution in [2.75, 3.05) is 31.1 Å². The minimum absolute atomic E-state index is 0.361. The van der Waals surface area contributed by atoms with Gasteiger partial charge in [0.15, 0.2) is 11.6 Å². The summed E-state index contributed by atoms with van der Waals surface area (Å²) in [5.74, 6) is -3.18. The van der Waals surface area contributed by atoms with Crippen LogP contribution >= 0.6 is 0 Å². The maximum Gasteiger partial charge on any atom is 0.404 e. The van der Waals surface area contributed by atoms with E-state index in [1.807, 2.05) is 30.5 Å². The number of halogens is 6. The highest BCUT2D eigenvalue weighted by atomic mass is 19.4. The molecule has 5 aromatic rings. The van der Waals surface area contributed by atoms with Crippen LogP contribution in [0.2, 0.25) is 0 Å². The second-order valence-corrected chi connectivity index (χ2v) is 9.90. The number of aromatic nitrogens is 5. The number of nitrogens with one attached hydrogen (secondary N) is 1. The van der Waals surface area contributed by atoms with Gasteiger partial charge < -0.3 is 9.88 Å². The normalized spacial score (nSPS) is 15.3. The van der Waals surface area contributed by atoms with Gasteiger partial charge in [0.05, 0.1) is 11.2 Å². The number of hydrogen-bond donors (Lipinski definition) is 1. The molecular weight excluding hydrogens is 548 g/mol. The van der Waals surface area contributed by atoms with E-state index in [-0.39, 0.29) is 0 Å². The van der Waals surface area contributed by atoms with Gasteiger partial charge in [-0.25, -0.2) is 15.0 Å². The number of hydrogen-bond acceptors (Lipinski definition) is 6. The number of aromatic amines is 1. The summed E-state index contributed by atoms with van der Waals surface area (Å²) in [6.07, 6.45) is -5.83. The highest BCUT2D eigenvalue weighted by molar-refractivity contribution is 5.91. The van der Waals surface area contributed by atoms with Crippen LogP contribution in [0, 0.1) is 0 Å². The summed E-state index contributed by atoms with van der Waals surface area (Å²) >= 11 is 0. The van der Waals surface area contributed by atoms with E-state index in [2.05, 4.69) is 34.7 Å². The van der Waals surface area contributed by atoms with Gasteiger partial charge in [-0.3, -0.25) is 9.88 Å². The number of imidazole rings is 1. The summed E-state index contributed by atoms with van der Waals surface area (Å²) in [7, 11) is 0. The standard InChI is InChI=1S/C28H23F6N7/c29-27(30,31)24(28(32,33)34)18-4-6-19(7-5-18)25-38-20-2-1-3-22(23(20)39-25)41-12-10-40(11-13-41)16-17-14-21-26(37-15-17)36-9-8-35-21/h1-9,14-15,24H,10-13,16H2,(H,38,39). The molecule has 0 bridgehead atoms. The van der Waals surface area contributed by atoms with E-state index in [9.17, 15) is 26.3 Å². The predicted molar refractivity (Wildman–Crippen MR) is 141 cm³/mol. The Labute approximate surface area is 229 Å². The van der Waals surface area contributed by atoms with Gasteiger partial charge in [-0.2, -0.15) is 26.3 Å². The van der Waals surface area contributed by atoms with Crippen molar-refractivity contribution in [2.24, 2.45) is 0 Å². The first-order valence-electron chi connectivity index (χ1n) is 12.8. The molecule has 0 spiro atoms. The van der Waals surface area contributed by atoms with Crippen LogP contribution in [0.3, 0.4) is 0 Å². The number of para-hydroxylation sites is 1. The lowest BCUT2D eigenvalue weighted by Crippen LogP contribution is -2.46. The summed E-state index contributed by atoms with van der Waals surface area (Å²) in [5, 5.41) is 0. The van der Waals surface area contributed by atoms with E-state index < -0.39 is 23.8 Å². The van der Waals surface area contributed by atoms with E-state index in [0.29, 0.717) is 22.6 Å². The van der Waals surface area contributed by atoms with Crippen LogP contribution in [0.4, 0.5) is 32.0 Å². The number of benzene rings is 2. The van der Waals surface area contributed by atoms with Gasteiger partial charge in [0.1, 0.15) is 16.9 Å². The summed E-state index contributed by atoms with van der Waals surface area (Å²) in [6, 6.07) is 11.8. The van der Waals surface area contributed by atoms with Crippen LogP contribution in [0.5, 0.6) is 0 Å². The van der Waals surface area contributed by atoms with Gasteiger partial charge in [-0.15, -0.1) is 0 Å². The summed E-state index contributed by atoms with van der Waals surface area (Å²) in [5.41, 5.74) is 4.23. The molecule has 0 saturated carbocycles. The summed E-state index contributed by atoms with van der Waals surface area (Å²) in [6.45, 7) is 3.81. The molecule has 212 valence electrons. The smallest absolute Gasteiger partial charge is 0.367 e. The Morgan fingerprint density at radius 1 is 0.829 bits per heavy atom. The fourth-order valence-corrected chi connectivity index (χ4v) is 5.20. The number of nitrogens with zero attached hydrogens (tertiary/aromatic N) is 6. The maximum absolute atomic E-state index is 13.1. The minimum Gasteiger partial charge on any atom is -0.367 e. The molecule has 0 aliphatic carbocycles. The van der Waals surface area contributed by atoms with Gasteiger partial charge in [0.2, 0.25) is 0 Å². The van der Waals surface area contributed by atoms with Crippen LogP contribution in [0.25, 0.3) is 33.6 Å². The van der Waals surface area contributed by atoms with Gasteiger partial charge >= 0.3 is 12.4 Å². The lowest BCUT2D eigenvalue weighted by Gasteiger charge is -2.36. The van der Waals surface area contributed by atoms with Crippen molar-refractivity contribution in [1.29, 1.82) is 0 Å². The Bertz CT molecular complexity index is 1660. The highest BCUT2D eigenvalue weighted by Gasteiger charge is 2.57. The molecule has 6 rings (SSSR count). The SMILES string of the molecule is FC(F)(F)C(c1ccc(-c2nc3c(N4CCN(Cc5cnc6nccnc6c5)CC4)cccc3[nH]2)cc1)C(F)(F)F. The molecule has 1 saturated heterocycles. The molecule has 1 aliphatic rings. The summed E-state index contributed by atoms with van der Waals surface area (Å²) < 4.78 is 78.7. The summed E-state index contributed by atoms with van der Waals surface area (Å²) in [4.78, 5) is 25.3. The minimum atomic E-state index is -5.45. The first-order chi connectivity index (χ1) is 19.6. The largest absolute Gasteiger partial charge is 0.404 e. The van der Waals surface area contributed by atoms with Gasteiger partial charge in [-0.05, 0) is 29.3 Å². The molecule has 4 heterocycles. The second-order valence-electron chi connectivity index (χ2n) is 9.90. The number of fused-ring (bicyclic) bond motifs is 2. The van der Waals surface area contributed by atoms with Crippen LogP contribution in [0.1, 0.15) is 17.0 Å². The Morgan fingerprint density at radius 2 is 1.54 bits per heavy atom. The third kappa shape index (κ3) is 5.53. The molecule has 0 radical (unpaired) electrons. The zero-order chi connectivity index (χ0) is 28.8. The van der Waals surface area contributed by atoms with Crippen molar-refractivity contribution >= 4 is 27.9 Å². The quantitative estimate of drug-likeness (QED) is 0.257. The molecule has 0 atom stereocenters. The topological polar surface area (TPSA) is 73.8 Å². The number of rotatable bonds is 5. The van der Waals surface area contributed by atoms with Crippen LogP contribution in [0.15, 0.2) is 67.1 Å². The van der Waals surface area contributed by atoms with Crippen molar-refractivity contribution < 1.29 is 26.3 Å². The first-order valence-corrected chi connectivity index (χ1v) is 12.8. The first kappa shape index (κ1) is 26.9. The third-order valence-electron chi connectivity index (χ3n) is 7.16. The molecule has 0 unspecified atom stereocenters. The number of H-pyrrole nitrogens is 1. The Hall–Kier alpha value is -4.26. The van der Waals surface area contributed by atoms with Crippen LogP contribution in [-0.4, -0.2) is 68.4 Å². The Kier molecular flexibility index (Phi) is 6.76. The van der Waals surface area contributed by atoms with Crippen LogP contribution < -0.4 is 4.90 Å². The maximum atomic E-state index is 13.1. The van der Waals surface area contributed by atoms with Crippen molar-refractivity contribution in [3.8, 4) is 11.4 Å². The average Bonchev–Trinajstić information content (AvgIpc) is 3.37. The highest BCUT2D eigenvalue weighted by Crippen LogP contribution is 2.46. The predicted octanol–water partition coefficient (Wildman–Crippen LogP) is 6.10. The van der Waals surface area contributed by atoms with E-state index in [4.69, 9.17) is 0 Å². The lowest BCUT2D eigenvalue weighted by atomic mass is 9.96. The number of alkyl halides is 6. The molecule has 2 aromatic carbocycles. The fraction of sp³-hybridized carbons (Fsp3) is 0.286. The zero-order valence-corrected chi connectivity index (χ0v) is 21.4. The number of pyridine rings is 1. The fourth-order valence-electron chi connectivity index (χ4n) is 5.20. The number of anilines is 1.